The molecule has 0 spiro atoms. The average Bonchev–Trinajstić information content (AvgIpc) is 3.06. The first kappa shape index (κ1) is 22.6. The minimum absolute atomic E-state index is 0. The maximum absolute atomic E-state index is 12.5. The Morgan fingerprint density at radius 1 is 1.33 bits per heavy atom. The molecule has 1 unspecified atom stereocenters. The fourth-order valence-corrected chi connectivity index (χ4v) is 4.67. The van der Waals surface area contributed by atoms with Crippen LogP contribution in [0.15, 0.2) is 22.6 Å². The van der Waals surface area contributed by atoms with Crippen LogP contribution >= 0.6 is 48.2 Å². The van der Waals surface area contributed by atoms with Crippen LogP contribution in [0.3, 0.4) is 0 Å². The number of carbonyl (C=O) groups is 1. The van der Waals surface area contributed by atoms with Crippen molar-refractivity contribution in [2.24, 2.45) is 0 Å². The van der Waals surface area contributed by atoms with Crippen molar-refractivity contribution in [2.75, 3.05) is 31.1 Å². The Hall–Kier alpha value is -0.660. The summed E-state index contributed by atoms with van der Waals surface area (Å²) in [6.07, 6.45) is 2.41. The van der Waals surface area contributed by atoms with Gasteiger partial charge in [-0.3, -0.25) is 4.79 Å². The number of likely N-dealkylation sites (tertiary alicyclic amines) is 1. The van der Waals surface area contributed by atoms with E-state index < -0.39 is 0 Å². The van der Waals surface area contributed by atoms with E-state index in [0.29, 0.717) is 17.5 Å². The SMILES string of the molecule is Cl.Cl.O=C(CC1CSCCN1)N1CCC(c2nc3cc(Cl)ccc3o2)CC1. The number of rotatable bonds is 3. The fraction of sp³-hybridized carbons (Fsp3) is 0.556. The summed E-state index contributed by atoms with van der Waals surface area (Å²) in [4.78, 5) is 19.1. The topological polar surface area (TPSA) is 58.4 Å². The molecule has 0 aliphatic carbocycles. The predicted molar refractivity (Wildman–Crippen MR) is 116 cm³/mol. The van der Waals surface area contributed by atoms with Crippen molar-refractivity contribution in [3.05, 3.63) is 29.1 Å². The zero-order chi connectivity index (χ0) is 17.2. The van der Waals surface area contributed by atoms with Crippen LogP contribution in [0, 0.1) is 0 Å². The summed E-state index contributed by atoms with van der Waals surface area (Å²) in [7, 11) is 0. The van der Waals surface area contributed by atoms with E-state index in [0.717, 1.165) is 61.0 Å². The van der Waals surface area contributed by atoms with Crippen molar-refractivity contribution in [3.8, 4) is 0 Å². The highest BCUT2D eigenvalue weighted by atomic mass is 35.5. The van der Waals surface area contributed by atoms with Crippen molar-refractivity contribution in [1.29, 1.82) is 0 Å². The molecule has 2 aromatic rings. The molecule has 3 heterocycles. The van der Waals surface area contributed by atoms with Crippen LogP contribution in [0.4, 0.5) is 0 Å². The van der Waals surface area contributed by atoms with Gasteiger partial charge in [-0.15, -0.1) is 24.8 Å². The zero-order valence-electron chi connectivity index (χ0n) is 14.9. The van der Waals surface area contributed by atoms with Gasteiger partial charge in [-0.1, -0.05) is 11.6 Å². The average molecular weight is 453 g/mol. The summed E-state index contributed by atoms with van der Waals surface area (Å²) in [5, 5.41) is 4.11. The van der Waals surface area contributed by atoms with E-state index in [1.54, 1.807) is 0 Å². The van der Waals surface area contributed by atoms with Crippen LogP contribution in [0.1, 0.15) is 31.1 Å². The number of benzene rings is 1. The number of thioether (sulfide) groups is 1. The zero-order valence-corrected chi connectivity index (χ0v) is 18.1. The van der Waals surface area contributed by atoms with Gasteiger partial charge in [0.15, 0.2) is 11.5 Å². The minimum Gasteiger partial charge on any atom is -0.440 e. The summed E-state index contributed by atoms with van der Waals surface area (Å²) in [6.45, 7) is 2.57. The number of nitrogens with one attached hydrogen (secondary N) is 1. The number of oxazole rings is 1. The number of piperidine rings is 1. The molecule has 2 aliphatic heterocycles. The number of aromatic nitrogens is 1. The molecular formula is C18H24Cl3N3O2S. The first-order valence-corrected chi connectivity index (χ1v) is 10.4. The first-order chi connectivity index (χ1) is 12.2. The van der Waals surface area contributed by atoms with E-state index in [9.17, 15) is 4.79 Å². The first-order valence-electron chi connectivity index (χ1n) is 8.84. The maximum atomic E-state index is 12.5. The number of fused-ring (bicyclic) bond motifs is 1. The second-order valence-corrected chi connectivity index (χ2v) is 8.34. The van der Waals surface area contributed by atoms with E-state index in [4.69, 9.17) is 16.0 Å². The van der Waals surface area contributed by atoms with Gasteiger partial charge in [0.1, 0.15) is 5.52 Å². The standard InChI is InChI=1S/C18H22ClN3O2S.2ClH/c19-13-1-2-16-15(9-13)21-18(24-16)12-3-6-22(7-4-12)17(23)10-14-11-25-8-5-20-14;;/h1-2,9,12,14,20H,3-8,10-11H2;2*1H. The second kappa shape index (κ2) is 10.2. The summed E-state index contributed by atoms with van der Waals surface area (Å²) in [6, 6.07) is 5.84. The van der Waals surface area contributed by atoms with Gasteiger partial charge in [-0.05, 0) is 31.0 Å². The molecule has 0 saturated carbocycles. The van der Waals surface area contributed by atoms with Gasteiger partial charge >= 0.3 is 0 Å². The fourth-order valence-electron chi connectivity index (χ4n) is 3.56. The Kier molecular flexibility index (Phi) is 8.56. The van der Waals surface area contributed by atoms with Crippen LogP contribution in [-0.4, -0.2) is 53.0 Å². The third-order valence-electron chi connectivity index (χ3n) is 4.98. The molecule has 27 heavy (non-hydrogen) atoms. The highest BCUT2D eigenvalue weighted by molar-refractivity contribution is 7.99. The van der Waals surface area contributed by atoms with Crippen LogP contribution < -0.4 is 5.32 Å². The molecule has 1 amide bonds. The molecule has 1 atom stereocenters. The van der Waals surface area contributed by atoms with Crippen LogP contribution in [0.25, 0.3) is 11.1 Å². The Bertz CT molecular complexity index is 759. The summed E-state index contributed by atoms with van der Waals surface area (Å²) in [5.41, 5.74) is 1.58. The lowest BCUT2D eigenvalue weighted by atomic mass is 9.96. The summed E-state index contributed by atoms with van der Waals surface area (Å²) < 4.78 is 5.89. The van der Waals surface area contributed by atoms with Crippen molar-refractivity contribution in [3.63, 3.8) is 0 Å². The van der Waals surface area contributed by atoms with Gasteiger partial charge in [0.25, 0.3) is 0 Å². The quantitative estimate of drug-likeness (QED) is 0.759. The van der Waals surface area contributed by atoms with Crippen molar-refractivity contribution in [1.82, 2.24) is 15.2 Å². The second-order valence-electron chi connectivity index (χ2n) is 6.75. The number of halogens is 3. The van der Waals surface area contributed by atoms with Crippen LogP contribution in [0.2, 0.25) is 5.02 Å². The van der Waals surface area contributed by atoms with E-state index in [-0.39, 0.29) is 36.6 Å². The molecule has 1 aromatic carbocycles. The van der Waals surface area contributed by atoms with E-state index in [2.05, 4.69) is 10.3 Å². The number of hydrogen-bond donors (Lipinski definition) is 1. The summed E-state index contributed by atoms with van der Waals surface area (Å²) in [5.74, 6) is 3.50. The van der Waals surface area contributed by atoms with Gasteiger partial charge in [0.05, 0.1) is 0 Å². The molecule has 5 nitrogen and oxygen atoms in total. The smallest absolute Gasteiger partial charge is 0.224 e. The monoisotopic (exact) mass is 451 g/mol. The summed E-state index contributed by atoms with van der Waals surface area (Å²) >= 11 is 7.94. The lowest BCUT2D eigenvalue weighted by Crippen LogP contribution is -2.44. The normalized spacial score (nSPS) is 20.8. The van der Waals surface area contributed by atoms with E-state index in [1.165, 1.54) is 0 Å². The lowest BCUT2D eigenvalue weighted by Gasteiger charge is -2.32. The molecule has 2 fully saturated rings. The van der Waals surface area contributed by atoms with Crippen molar-refractivity contribution >= 4 is 65.2 Å². The van der Waals surface area contributed by atoms with Gasteiger partial charge in [0.2, 0.25) is 5.91 Å². The number of amides is 1. The number of nitrogens with zero attached hydrogens (tertiary/aromatic N) is 2. The Morgan fingerprint density at radius 2 is 2.11 bits per heavy atom. The molecule has 9 heteroatoms. The van der Waals surface area contributed by atoms with E-state index >= 15 is 0 Å². The number of hydrogen-bond acceptors (Lipinski definition) is 5. The number of carbonyl (C=O) groups excluding carboxylic acids is 1. The molecule has 0 bridgehead atoms. The van der Waals surface area contributed by atoms with Crippen LogP contribution in [-0.2, 0) is 4.79 Å². The molecule has 4 rings (SSSR count). The van der Waals surface area contributed by atoms with Crippen molar-refractivity contribution < 1.29 is 9.21 Å². The molecular weight excluding hydrogens is 429 g/mol. The Labute approximate surface area is 180 Å². The molecule has 1 N–H and O–H groups in total. The third-order valence-corrected chi connectivity index (χ3v) is 6.35. The molecule has 2 aliphatic rings. The largest absolute Gasteiger partial charge is 0.440 e. The molecule has 1 aromatic heterocycles. The highest BCUT2D eigenvalue weighted by Crippen LogP contribution is 2.31. The highest BCUT2D eigenvalue weighted by Gasteiger charge is 2.28. The Morgan fingerprint density at radius 3 is 2.81 bits per heavy atom. The predicted octanol–water partition coefficient (Wildman–Crippen LogP) is 4.13. The van der Waals surface area contributed by atoms with Crippen molar-refractivity contribution in [2.45, 2.75) is 31.2 Å². The minimum atomic E-state index is 0. The maximum Gasteiger partial charge on any atom is 0.224 e. The molecule has 0 radical (unpaired) electrons. The van der Waals surface area contributed by atoms with Gasteiger partial charge in [0, 0.05) is 54.5 Å². The van der Waals surface area contributed by atoms with Gasteiger partial charge < -0.3 is 14.6 Å². The Balaban J connectivity index is 0.00000131. The third kappa shape index (κ3) is 5.45. The molecule has 150 valence electrons. The lowest BCUT2D eigenvalue weighted by molar-refractivity contribution is -0.132. The van der Waals surface area contributed by atoms with Gasteiger partial charge in [-0.2, -0.15) is 11.8 Å². The molecule has 2 saturated heterocycles. The van der Waals surface area contributed by atoms with Crippen LogP contribution in [0.5, 0.6) is 0 Å². The van der Waals surface area contributed by atoms with Gasteiger partial charge in [-0.25, -0.2) is 4.98 Å². The van der Waals surface area contributed by atoms with E-state index in [1.807, 2.05) is 34.9 Å².